The minimum atomic E-state index is -0.0550. The Balaban J connectivity index is 0.000000375. The number of nitrogen functional groups attached to an aromatic ring is 1. The molecule has 5 rings (SSSR count). The summed E-state index contributed by atoms with van der Waals surface area (Å²) in [5.74, 6) is 0.638. The van der Waals surface area contributed by atoms with Gasteiger partial charge < -0.3 is 21.5 Å². The van der Waals surface area contributed by atoms with Gasteiger partial charge in [0, 0.05) is 25.6 Å². The molecule has 2 aromatic heterocycles. The molecule has 9 heteroatoms. The molecule has 0 atom stereocenters. The maximum atomic E-state index is 11.1. The number of amides is 1. The smallest absolute Gasteiger partial charge is 0.217 e. The van der Waals surface area contributed by atoms with Crippen LogP contribution < -0.4 is 16.4 Å². The van der Waals surface area contributed by atoms with E-state index in [2.05, 4.69) is 31.7 Å². The summed E-state index contributed by atoms with van der Waals surface area (Å²) < 4.78 is 1.07. The maximum Gasteiger partial charge on any atom is 0.217 e. The SMILES string of the molecule is CC(=O)NCc1cccc(-c2cncc(NCc3ccc4nc(N)sc4c3)n2)c1.OC1CCCCC1. The lowest BCUT2D eigenvalue weighted by molar-refractivity contribution is -0.119. The molecule has 1 amide bonds. The second-order valence-electron chi connectivity index (χ2n) is 8.90. The van der Waals surface area contributed by atoms with Crippen LogP contribution in [0.3, 0.4) is 0 Å². The predicted molar refractivity (Wildman–Crippen MR) is 145 cm³/mol. The zero-order valence-corrected chi connectivity index (χ0v) is 21.2. The average molecular weight is 505 g/mol. The van der Waals surface area contributed by atoms with Crippen molar-refractivity contribution >= 4 is 38.4 Å². The zero-order valence-electron chi connectivity index (χ0n) is 20.4. The van der Waals surface area contributed by atoms with Gasteiger partial charge in [-0.05, 0) is 42.2 Å². The molecule has 0 radical (unpaired) electrons. The number of aliphatic hydroxyl groups excluding tert-OH is 1. The van der Waals surface area contributed by atoms with E-state index >= 15 is 0 Å². The number of nitrogens with two attached hydrogens (primary N) is 1. The lowest BCUT2D eigenvalue weighted by atomic mass is 9.98. The molecule has 1 saturated carbocycles. The van der Waals surface area contributed by atoms with Gasteiger partial charge in [0.05, 0.1) is 34.4 Å². The molecule has 5 N–H and O–H groups in total. The number of carbonyl (C=O) groups is 1. The largest absolute Gasteiger partial charge is 0.393 e. The molecule has 0 unspecified atom stereocenters. The number of aliphatic hydroxyl groups is 1. The highest BCUT2D eigenvalue weighted by Gasteiger charge is 2.08. The minimum Gasteiger partial charge on any atom is -0.393 e. The van der Waals surface area contributed by atoms with Crippen molar-refractivity contribution in [2.24, 2.45) is 0 Å². The van der Waals surface area contributed by atoms with Crippen molar-refractivity contribution in [1.82, 2.24) is 20.3 Å². The van der Waals surface area contributed by atoms with Crippen LogP contribution in [-0.2, 0) is 17.9 Å². The van der Waals surface area contributed by atoms with Gasteiger partial charge in [-0.15, -0.1) is 0 Å². The molecule has 1 aliphatic carbocycles. The molecule has 1 aliphatic rings. The number of hydrogen-bond donors (Lipinski definition) is 4. The molecule has 0 aliphatic heterocycles. The average Bonchev–Trinajstić information content (AvgIpc) is 3.27. The number of carbonyl (C=O) groups excluding carboxylic acids is 1. The first-order chi connectivity index (χ1) is 17.5. The minimum absolute atomic E-state index is 0.0359. The lowest BCUT2D eigenvalue weighted by Gasteiger charge is -2.14. The first-order valence-electron chi connectivity index (χ1n) is 12.2. The molecule has 8 nitrogen and oxygen atoms in total. The highest BCUT2D eigenvalue weighted by molar-refractivity contribution is 7.22. The molecule has 36 heavy (non-hydrogen) atoms. The summed E-state index contributed by atoms with van der Waals surface area (Å²) in [7, 11) is 0. The monoisotopic (exact) mass is 504 g/mol. The van der Waals surface area contributed by atoms with Gasteiger partial charge in [0.2, 0.25) is 5.91 Å². The summed E-state index contributed by atoms with van der Waals surface area (Å²) in [4.78, 5) is 24.4. The van der Waals surface area contributed by atoms with Crippen LogP contribution in [-0.4, -0.2) is 32.1 Å². The number of nitrogens with zero attached hydrogens (tertiary/aromatic N) is 3. The zero-order chi connectivity index (χ0) is 25.3. The van der Waals surface area contributed by atoms with E-state index in [1.165, 1.54) is 37.5 Å². The van der Waals surface area contributed by atoms with Crippen molar-refractivity contribution < 1.29 is 9.90 Å². The van der Waals surface area contributed by atoms with Gasteiger partial charge in [-0.2, -0.15) is 0 Å². The number of hydrogen-bond acceptors (Lipinski definition) is 8. The quantitative estimate of drug-likeness (QED) is 0.294. The van der Waals surface area contributed by atoms with Gasteiger partial charge in [-0.1, -0.05) is 54.9 Å². The van der Waals surface area contributed by atoms with Crippen LogP contribution >= 0.6 is 11.3 Å². The first kappa shape index (κ1) is 25.5. The molecular weight excluding hydrogens is 472 g/mol. The van der Waals surface area contributed by atoms with Crippen molar-refractivity contribution in [3.63, 3.8) is 0 Å². The number of nitrogens with one attached hydrogen (secondary N) is 2. The van der Waals surface area contributed by atoms with E-state index < -0.39 is 0 Å². The predicted octanol–water partition coefficient (Wildman–Crippen LogP) is 4.90. The Morgan fingerprint density at radius 1 is 1.06 bits per heavy atom. The Morgan fingerprint density at radius 2 is 1.86 bits per heavy atom. The van der Waals surface area contributed by atoms with Crippen LogP contribution in [0.15, 0.2) is 54.9 Å². The van der Waals surface area contributed by atoms with Crippen molar-refractivity contribution in [3.8, 4) is 11.3 Å². The van der Waals surface area contributed by atoms with Crippen LogP contribution in [0, 0.1) is 0 Å². The van der Waals surface area contributed by atoms with Crippen LogP contribution in [0.5, 0.6) is 0 Å². The fourth-order valence-electron chi connectivity index (χ4n) is 4.03. The van der Waals surface area contributed by atoms with Crippen LogP contribution in [0.2, 0.25) is 0 Å². The van der Waals surface area contributed by atoms with Gasteiger partial charge in [-0.25, -0.2) is 9.97 Å². The van der Waals surface area contributed by atoms with E-state index in [-0.39, 0.29) is 12.0 Å². The summed E-state index contributed by atoms with van der Waals surface area (Å²) in [6, 6.07) is 14.0. The van der Waals surface area contributed by atoms with E-state index in [1.807, 2.05) is 36.4 Å². The van der Waals surface area contributed by atoms with E-state index in [9.17, 15) is 4.79 Å². The third kappa shape index (κ3) is 7.47. The molecule has 4 aromatic rings. The highest BCUT2D eigenvalue weighted by atomic mass is 32.1. The number of thiazole rings is 1. The second kappa shape index (κ2) is 12.4. The molecular formula is C27H32N6O2S. The Morgan fingerprint density at radius 3 is 2.61 bits per heavy atom. The van der Waals surface area contributed by atoms with Gasteiger partial charge in [-0.3, -0.25) is 9.78 Å². The van der Waals surface area contributed by atoms with Gasteiger partial charge >= 0.3 is 0 Å². The maximum absolute atomic E-state index is 11.1. The number of rotatable bonds is 6. The van der Waals surface area contributed by atoms with Gasteiger partial charge in [0.1, 0.15) is 5.82 Å². The van der Waals surface area contributed by atoms with Crippen LogP contribution in [0.4, 0.5) is 10.9 Å². The number of benzene rings is 2. The number of fused-ring (bicyclic) bond motifs is 1. The standard InChI is InChI=1S/C21H20N6OS.C6H12O/c1-13(28)24-9-14-3-2-4-16(7-14)18-11-23-12-20(26-18)25-10-15-5-6-17-19(8-15)29-21(22)27-17;7-6-4-2-1-3-5-6/h2-8,11-12H,9-10H2,1H3,(H2,22,27)(H,24,28)(H,25,26);6-7H,1-5H2. The molecule has 0 saturated heterocycles. The Bertz CT molecular complexity index is 1300. The molecule has 2 aromatic carbocycles. The third-order valence-corrected chi connectivity index (χ3v) is 6.76. The van der Waals surface area contributed by atoms with Crippen LogP contribution in [0.1, 0.15) is 50.2 Å². The summed E-state index contributed by atoms with van der Waals surface area (Å²) in [5, 5.41) is 15.6. The molecule has 188 valence electrons. The van der Waals surface area contributed by atoms with Gasteiger partial charge in [0.25, 0.3) is 0 Å². The summed E-state index contributed by atoms with van der Waals surface area (Å²) in [6.07, 6.45) is 9.36. The lowest BCUT2D eigenvalue weighted by Crippen LogP contribution is -2.18. The molecule has 0 spiro atoms. The van der Waals surface area contributed by atoms with Gasteiger partial charge in [0.15, 0.2) is 5.13 Å². The third-order valence-electron chi connectivity index (χ3n) is 5.92. The number of aromatic nitrogens is 3. The summed E-state index contributed by atoms with van der Waals surface area (Å²) >= 11 is 1.48. The van der Waals surface area contributed by atoms with E-state index in [0.29, 0.717) is 24.0 Å². The van der Waals surface area contributed by atoms with E-state index in [4.69, 9.17) is 10.8 Å². The highest BCUT2D eigenvalue weighted by Crippen LogP contribution is 2.25. The van der Waals surface area contributed by atoms with Crippen molar-refractivity contribution in [3.05, 3.63) is 66.0 Å². The normalized spacial score (nSPS) is 13.6. The molecule has 0 bridgehead atoms. The van der Waals surface area contributed by atoms with Crippen molar-refractivity contribution in [2.75, 3.05) is 11.1 Å². The van der Waals surface area contributed by atoms with Crippen LogP contribution in [0.25, 0.3) is 21.5 Å². The molecule has 2 heterocycles. The van der Waals surface area contributed by atoms with Crippen molar-refractivity contribution in [1.29, 1.82) is 0 Å². The summed E-state index contributed by atoms with van der Waals surface area (Å²) in [6.45, 7) is 2.61. The molecule has 1 fully saturated rings. The fraction of sp³-hybridized carbons (Fsp3) is 0.333. The first-order valence-corrected chi connectivity index (χ1v) is 13.0. The van der Waals surface area contributed by atoms with Crippen molar-refractivity contribution in [2.45, 2.75) is 58.2 Å². The fourth-order valence-corrected chi connectivity index (χ4v) is 4.83. The van der Waals surface area contributed by atoms with E-state index in [0.717, 1.165) is 45.4 Å². The Hall–Kier alpha value is -3.56. The number of anilines is 2. The summed E-state index contributed by atoms with van der Waals surface area (Å²) in [5.41, 5.74) is 10.5. The topological polar surface area (TPSA) is 126 Å². The second-order valence-corrected chi connectivity index (χ2v) is 9.96. The van der Waals surface area contributed by atoms with E-state index in [1.54, 1.807) is 12.4 Å². The Labute approximate surface area is 215 Å². The Kier molecular flexibility index (Phi) is 8.80.